The first kappa shape index (κ1) is 18.9. The van der Waals surface area contributed by atoms with Crippen molar-refractivity contribution < 1.29 is 9.59 Å². The van der Waals surface area contributed by atoms with Crippen LogP contribution >= 0.6 is 0 Å². The average Bonchev–Trinajstić information content (AvgIpc) is 3.06. The normalized spacial score (nSPS) is 14.3. The summed E-state index contributed by atoms with van der Waals surface area (Å²) in [5.41, 5.74) is 3.54. The SMILES string of the molecule is O=C(c1ccncc1)N1CCCN(C(=O)c2ccc(-c3ccccc3)cc2)CC1. The molecule has 1 aliphatic heterocycles. The van der Waals surface area contributed by atoms with E-state index in [2.05, 4.69) is 17.1 Å². The lowest BCUT2D eigenvalue weighted by Gasteiger charge is -2.22. The van der Waals surface area contributed by atoms with Gasteiger partial charge in [-0.2, -0.15) is 0 Å². The van der Waals surface area contributed by atoms with Crippen LogP contribution in [0.15, 0.2) is 79.1 Å². The first-order valence-electron chi connectivity index (χ1n) is 9.86. The number of carbonyl (C=O) groups is 2. The number of benzene rings is 2. The zero-order chi connectivity index (χ0) is 20.1. The Bertz CT molecular complexity index is 972. The minimum Gasteiger partial charge on any atom is -0.337 e. The molecule has 4 rings (SSSR count). The van der Waals surface area contributed by atoms with E-state index >= 15 is 0 Å². The molecule has 0 aliphatic carbocycles. The van der Waals surface area contributed by atoms with Gasteiger partial charge in [0, 0.05) is 49.7 Å². The second-order valence-corrected chi connectivity index (χ2v) is 7.12. The van der Waals surface area contributed by atoms with Crippen LogP contribution in [0.5, 0.6) is 0 Å². The summed E-state index contributed by atoms with van der Waals surface area (Å²) in [7, 11) is 0. The van der Waals surface area contributed by atoms with Crippen molar-refractivity contribution >= 4 is 11.8 Å². The number of nitrogens with zero attached hydrogens (tertiary/aromatic N) is 3. The third-order valence-electron chi connectivity index (χ3n) is 5.24. The van der Waals surface area contributed by atoms with Crippen LogP contribution in [-0.2, 0) is 0 Å². The van der Waals surface area contributed by atoms with Crippen molar-refractivity contribution in [3.8, 4) is 11.1 Å². The zero-order valence-electron chi connectivity index (χ0n) is 16.2. The van der Waals surface area contributed by atoms with Crippen molar-refractivity contribution in [3.63, 3.8) is 0 Å². The summed E-state index contributed by atoms with van der Waals surface area (Å²) in [5.74, 6) is 0.0109. The van der Waals surface area contributed by atoms with Crippen molar-refractivity contribution in [2.24, 2.45) is 0 Å². The standard InChI is InChI=1S/C24H23N3O2/c28-23(21-9-7-20(8-10-21)19-5-2-1-3-6-19)26-15-4-16-27(18-17-26)24(29)22-11-13-25-14-12-22/h1-3,5-14H,4,15-18H2. The minimum absolute atomic E-state index is 0.00564. The third-order valence-corrected chi connectivity index (χ3v) is 5.24. The molecule has 5 heteroatoms. The average molecular weight is 385 g/mol. The van der Waals surface area contributed by atoms with Gasteiger partial charge in [0.2, 0.25) is 0 Å². The smallest absolute Gasteiger partial charge is 0.254 e. The van der Waals surface area contributed by atoms with Crippen LogP contribution in [0, 0.1) is 0 Å². The summed E-state index contributed by atoms with van der Waals surface area (Å²) in [5, 5.41) is 0. The lowest BCUT2D eigenvalue weighted by Crippen LogP contribution is -2.37. The highest BCUT2D eigenvalue weighted by Gasteiger charge is 2.23. The molecule has 2 amide bonds. The van der Waals surface area contributed by atoms with Gasteiger partial charge in [-0.3, -0.25) is 14.6 Å². The van der Waals surface area contributed by atoms with Crippen LogP contribution in [-0.4, -0.2) is 52.8 Å². The van der Waals surface area contributed by atoms with Crippen LogP contribution < -0.4 is 0 Å². The lowest BCUT2D eigenvalue weighted by atomic mass is 10.0. The minimum atomic E-state index is -0.00564. The quantitative estimate of drug-likeness (QED) is 0.690. The Morgan fingerprint density at radius 2 is 1.14 bits per heavy atom. The molecular formula is C24H23N3O2. The summed E-state index contributed by atoms with van der Waals surface area (Å²) in [4.78, 5) is 33.3. The van der Waals surface area contributed by atoms with E-state index in [0.717, 1.165) is 17.5 Å². The van der Waals surface area contributed by atoms with Crippen LogP contribution in [0.1, 0.15) is 27.1 Å². The highest BCUT2D eigenvalue weighted by molar-refractivity contribution is 5.95. The number of carbonyl (C=O) groups excluding carboxylic acids is 2. The molecule has 1 aromatic heterocycles. The Morgan fingerprint density at radius 3 is 1.72 bits per heavy atom. The van der Waals surface area contributed by atoms with E-state index in [4.69, 9.17) is 0 Å². The van der Waals surface area contributed by atoms with Gasteiger partial charge in [0.05, 0.1) is 0 Å². The van der Waals surface area contributed by atoms with Gasteiger partial charge in [0.1, 0.15) is 0 Å². The Labute approximate surface area is 170 Å². The molecule has 3 aromatic rings. The van der Waals surface area contributed by atoms with Crippen LogP contribution in [0.2, 0.25) is 0 Å². The van der Waals surface area contributed by atoms with Gasteiger partial charge in [-0.05, 0) is 41.8 Å². The largest absolute Gasteiger partial charge is 0.337 e. The second-order valence-electron chi connectivity index (χ2n) is 7.12. The molecular weight excluding hydrogens is 362 g/mol. The summed E-state index contributed by atoms with van der Waals surface area (Å²) in [6.45, 7) is 2.38. The number of amides is 2. The van der Waals surface area contributed by atoms with Gasteiger partial charge in [-0.15, -0.1) is 0 Å². The lowest BCUT2D eigenvalue weighted by molar-refractivity contribution is 0.0718. The molecule has 1 fully saturated rings. The molecule has 0 atom stereocenters. The highest BCUT2D eigenvalue weighted by atomic mass is 16.2. The number of rotatable bonds is 3. The molecule has 1 aliphatic rings. The summed E-state index contributed by atoms with van der Waals surface area (Å²) in [6.07, 6.45) is 4.02. The molecule has 29 heavy (non-hydrogen) atoms. The van der Waals surface area contributed by atoms with E-state index in [1.165, 1.54) is 0 Å². The van der Waals surface area contributed by atoms with Crippen molar-refractivity contribution in [2.75, 3.05) is 26.2 Å². The number of hydrogen-bond acceptors (Lipinski definition) is 3. The molecule has 0 N–H and O–H groups in total. The maximum Gasteiger partial charge on any atom is 0.254 e. The number of hydrogen-bond donors (Lipinski definition) is 0. The van der Waals surface area contributed by atoms with Crippen molar-refractivity contribution in [3.05, 3.63) is 90.3 Å². The van der Waals surface area contributed by atoms with E-state index in [1.807, 2.05) is 52.3 Å². The Hall–Kier alpha value is -3.47. The molecule has 2 aromatic carbocycles. The fraction of sp³-hybridized carbons (Fsp3) is 0.208. The summed E-state index contributed by atoms with van der Waals surface area (Å²) < 4.78 is 0. The molecule has 0 saturated carbocycles. The zero-order valence-corrected chi connectivity index (χ0v) is 16.2. The van der Waals surface area contributed by atoms with Crippen molar-refractivity contribution in [1.82, 2.24) is 14.8 Å². The van der Waals surface area contributed by atoms with E-state index in [9.17, 15) is 9.59 Å². The molecule has 0 unspecified atom stereocenters. The predicted octanol–water partition coefficient (Wildman–Crippen LogP) is 3.74. The van der Waals surface area contributed by atoms with Crippen LogP contribution in [0.25, 0.3) is 11.1 Å². The summed E-state index contributed by atoms with van der Waals surface area (Å²) in [6, 6.07) is 21.3. The van der Waals surface area contributed by atoms with Crippen LogP contribution in [0.3, 0.4) is 0 Å². The third kappa shape index (κ3) is 4.35. The van der Waals surface area contributed by atoms with Gasteiger partial charge in [-0.25, -0.2) is 0 Å². The molecule has 146 valence electrons. The molecule has 5 nitrogen and oxygen atoms in total. The summed E-state index contributed by atoms with van der Waals surface area (Å²) >= 11 is 0. The Morgan fingerprint density at radius 1 is 0.621 bits per heavy atom. The van der Waals surface area contributed by atoms with Crippen molar-refractivity contribution in [1.29, 1.82) is 0 Å². The topological polar surface area (TPSA) is 53.5 Å². The molecule has 2 heterocycles. The Balaban J connectivity index is 1.41. The second kappa shape index (κ2) is 8.69. The number of pyridine rings is 1. The van der Waals surface area contributed by atoms with E-state index in [1.54, 1.807) is 24.5 Å². The van der Waals surface area contributed by atoms with Gasteiger partial charge in [0.15, 0.2) is 0 Å². The van der Waals surface area contributed by atoms with E-state index in [-0.39, 0.29) is 11.8 Å². The Kier molecular flexibility index (Phi) is 5.66. The first-order valence-corrected chi connectivity index (χ1v) is 9.86. The van der Waals surface area contributed by atoms with Gasteiger partial charge in [0.25, 0.3) is 11.8 Å². The van der Waals surface area contributed by atoms with Crippen molar-refractivity contribution in [2.45, 2.75) is 6.42 Å². The van der Waals surface area contributed by atoms with Gasteiger partial charge in [-0.1, -0.05) is 42.5 Å². The van der Waals surface area contributed by atoms with E-state index < -0.39 is 0 Å². The maximum absolute atomic E-state index is 13.0. The molecule has 0 bridgehead atoms. The fourth-order valence-electron chi connectivity index (χ4n) is 3.62. The molecule has 0 spiro atoms. The fourth-order valence-corrected chi connectivity index (χ4v) is 3.62. The van der Waals surface area contributed by atoms with Gasteiger partial charge < -0.3 is 9.80 Å². The monoisotopic (exact) mass is 385 g/mol. The van der Waals surface area contributed by atoms with Gasteiger partial charge >= 0.3 is 0 Å². The number of aromatic nitrogens is 1. The molecule has 0 radical (unpaired) electrons. The van der Waals surface area contributed by atoms with E-state index in [0.29, 0.717) is 37.3 Å². The highest BCUT2D eigenvalue weighted by Crippen LogP contribution is 2.20. The maximum atomic E-state index is 13.0. The predicted molar refractivity (Wildman–Crippen MR) is 113 cm³/mol. The molecule has 1 saturated heterocycles. The first-order chi connectivity index (χ1) is 14.2. The van der Waals surface area contributed by atoms with Crippen LogP contribution in [0.4, 0.5) is 0 Å².